The van der Waals surface area contributed by atoms with Gasteiger partial charge in [-0.15, -0.1) is 24.0 Å². The molecule has 1 atom stereocenters. The van der Waals surface area contributed by atoms with E-state index in [9.17, 15) is 0 Å². The predicted octanol–water partition coefficient (Wildman–Crippen LogP) is 2.10. The fourth-order valence-electron chi connectivity index (χ4n) is 4.59. The van der Waals surface area contributed by atoms with Crippen LogP contribution in [0.4, 0.5) is 0 Å². The molecule has 1 saturated carbocycles. The number of guanidine groups is 1. The molecular formula is C20H40IN5O. The number of hydrogen-bond acceptors (Lipinski definition) is 4. The molecule has 0 aromatic rings. The number of aliphatic imine (C=N–C) groups is 1. The molecule has 6 nitrogen and oxygen atoms in total. The highest BCUT2D eigenvalue weighted by atomic mass is 127. The van der Waals surface area contributed by atoms with Crippen molar-refractivity contribution in [2.75, 3.05) is 72.6 Å². The van der Waals surface area contributed by atoms with Crippen molar-refractivity contribution in [3.05, 3.63) is 0 Å². The van der Waals surface area contributed by atoms with Crippen molar-refractivity contribution in [3.63, 3.8) is 0 Å². The van der Waals surface area contributed by atoms with E-state index in [0.717, 1.165) is 76.9 Å². The summed E-state index contributed by atoms with van der Waals surface area (Å²) in [4.78, 5) is 12.5. The van der Waals surface area contributed by atoms with Gasteiger partial charge in [0.1, 0.15) is 0 Å². The molecule has 0 spiro atoms. The van der Waals surface area contributed by atoms with Gasteiger partial charge in [-0.2, -0.15) is 0 Å². The van der Waals surface area contributed by atoms with Crippen LogP contribution in [0.2, 0.25) is 0 Å². The van der Waals surface area contributed by atoms with Crippen LogP contribution in [0.5, 0.6) is 0 Å². The molecular weight excluding hydrogens is 453 g/mol. The molecule has 2 heterocycles. The first-order chi connectivity index (χ1) is 12.8. The van der Waals surface area contributed by atoms with E-state index in [2.05, 4.69) is 34.0 Å². The van der Waals surface area contributed by atoms with Crippen LogP contribution in [0.1, 0.15) is 39.0 Å². The maximum atomic E-state index is 5.47. The summed E-state index contributed by atoms with van der Waals surface area (Å²) in [6.07, 6.45) is 6.83. The lowest BCUT2D eigenvalue weighted by atomic mass is 10.1. The molecule has 27 heavy (non-hydrogen) atoms. The van der Waals surface area contributed by atoms with E-state index >= 15 is 0 Å². The Morgan fingerprint density at radius 3 is 2.59 bits per heavy atom. The Balaban J connectivity index is 0.00000261. The fourth-order valence-corrected chi connectivity index (χ4v) is 4.59. The number of ether oxygens (including phenoxy) is 1. The number of hydrogen-bond donors (Lipinski definition) is 1. The third-order valence-electron chi connectivity index (χ3n) is 6.20. The SMILES string of the molecule is CCNC(=NCCN(C)C1CCCC1)N1CCC(CN2CCOCC2)C1.I. The molecule has 0 aromatic carbocycles. The van der Waals surface area contributed by atoms with Crippen LogP contribution < -0.4 is 5.32 Å². The summed E-state index contributed by atoms with van der Waals surface area (Å²) in [5, 5.41) is 3.52. The Labute approximate surface area is 183 Å². The lowest BCUT2D eigenvalue weighted by Crippen LogP contribution is -2.42. The van der Waals surface area contributed by atoms with Gasteiger partial charge in [0.15, 0.2) is 5.96 Å². The van der Waals surface area contributed by atoms with E-state index in [1.807, 2.05) is 0 Å². The Morgan fingerprint density at radius 1 is 1.15 bits per heavy atom. The van der Waals surface area contributed by atoms with E-state index in [4.69, 9.17) is 9.73 Å². The molecule has 3 aliphatic rings. The smallest absolute Gasteiger partial charge is 0.193 e. The lowest BCUT2D eigenvalue weighted by Gasteiger charge is -2.29. The lowest BCUT2D eigenvalue weighted by molar-refractivity contribution is 0.0315. The number of likely N-dealkylation sites (tertiary alicyclic amines) is 1. The van der Waals surface area contributed by atoms with Gasteiger partial charge in [0.2, 0.25) is 0 Å². The van der Waals surface area contributed by atoms with Gasteiger partial charge >= 0.3 is 0 Å². The molecule has 1 N–H and O–H groups in total. The average molecular weight is 493 g/mol. The summed E-state index contributed by atoms with van der Waals surface area (Å²) in [7, 11) is 2.27. The van der Waals surface area contributed by atoms with Gasteiger partial charge in [-0.3, -0.25) is 9.89 Å². The minimum atomic E-state index is 0. The van der Waals surface area contributed by atoms with Crippen LogP contribution in [-0.4, -0.2) is 99.3 Å². The third-order valence-corrected chi connectivity index (χ3v) is 6.20. The van der Waals surface area contributed by atoms with Gasteiger partial charge in [0, 0.05) is 51.9 Å². The second-order valence-corrected chi connectivity index (χ2v) is 8.17. The molecule has 1 aliphatic carbocycles. The number of likely N-dealkylation sites (N-methyl/N-ethyl adjacent to an activating group) is 1. The Morgan fingerprint density at radius 2 is 1.89 bits per heavy atom. The van der Waals surface area contributed by atoms with Crippen LogP contribution in [0.3, 0.4) is 0 Å². The number of nitrogens with zero attached hydrogens (tertiary/aromatic N) is 4. The second-order valence-electron chi connectivity index (χ2n) is 8.17. The molecule has 0 aromatic heterocycles. The summed E-state index contributed by atoms with van der Waals surface area (Å²) in [6.45, 7) is 12.6. The van der Waals surface area contributed by atoms with Crippen LogP contribution >= 0.6 is 24.0 Å². The first-order valence-electron chi connectivity index (χ1n) is 10.8. The average Bonchev–Trinajstić information content (AvgIpc) is 3.34. The van der Waals surface area contributed by atoms with E-state index in [-0.39, 0.29) is 24.0 Å². The normalized spacial score (nSPS) is 25.2. The van der Waals surface area contributed by atoms with E-state index < -0.39 is 0 Å². The first-order valence-corrected chi connectivity index (χ1v) is 10.8. The Hall–Kier alpha value is -0.120. The van der Waals surface area contributed by atoms with Crippen molar-refractivity contribution in [3.8, 4) is 0 Å². The molecule has 2 saturated heterocycles. The highest BCUT2D eigenvalue weighted by Crippen LogP contribution is 2.22. The highest BCUT2D eigenvalue weighted by molar-refractivity contribution is 14.0. The minimum Gasteiger partial charge on any atom is -0.379 e. The van der Waals surface area contributed by atoms with Crippen LogP contribution in [0.25, 0.3) is 0 Å². The van der Waals surface area contributed by atoms with Gasteiger partial charge in [-0.1, -0.05) is 12.8 Å². The second kappa shape index (κ2) is 12.4. The van der Waals surface area contributed by atoms with Crippen LogP contribution in [-0.2, 0) is 4.74 Å². The van der Waals surface area contributed by atoms with Crippen molar-refractivity contribution in [1.29, 1.82) is 0 Å². The summed E-state index contributed by atoms with van der Waals surface area (Å²) in [5.41, 5.74) is 0. The molecule has 1 unspecified atom stereocenters. The van der Waals surface area contributed by atoms with Crippen molar-refractivity contribution in [2.24, 2.45) is 10.9 Å². The predicted molar refractivity (Wildman–Crippen MR) is 123 cm³/mol. The van der Waals surface area contributed by atoms with Crippen LogP contribution in [0, 0.1) is 5.92 Å². The Bertz CT molecular complexity index is 438. The highest BCUT2D eigenvalue weighted by Gasteiger charge is 2.27. The van der Waals surface area contributed by atoms with Gasteiger partial charge in [0.05, 0.1) is 19.8 Å². The number of morpholine rings is 1. The monoisotopic (exact) mass is 493 g/mol. The van der Waals surface area contributed by atoms with Gasteiger partial charge in [0.25, 0.3) is 0 Å². The van der Waals surface area contributed by atoms with Gasteiger partial charge in [-0.25, -0.2) is 0 Å². The minimum absolute atomic E-state index is 0. The number of nitrogens with one attached hydrogen (secondary N) is 1. The zero-order valence-corrected chi connectivity index (χ0v) is 19.7. The van der Waals surface area contributed by atoms with Gasteiger partial charge in [-0.05, 0) is 39.2 Å². The van der Waals surface area contributed by atoms with E-state index in [1.54, 1.807) is 0 Å². The molecule has 3 fully saturated rings. The maximum Gasteiger partial charge on any atom is 0.193 e. The molecule has 0 radical (unpaired) electrons. The fraction of sp³-hybridized carbons (Fsp3) is 0.950. The topological polar surface area (TPSA) is 43.3 Å². The largest absolute Gasteiger partial charge is 0.379 e. The molecule has 0 amide bonds. The Kier molecular flexibility index (Phi) is 10.7. The van der Waals surface area contributed by atoms with Crippen molar-refractivity contribution >= 4 is 29.9 Å². The summed E-state index contributed by atoms with van der Waals surface area (Å²) < 4.78 is 5.47. The zero-order valence-electron chi connectivity index (χ0n) is 17.4. The summed E-state index contributed by atoms with van der Waals surface area (Å²) in [6, 6.07) is 0.789. The number of rotatable bonds is 7. The van der Waals surface area contributed by atoms with E-state index in [0.29, 0.717) is 0 Å². The first kappa shape index (κ1) is 23.2. The quantitative estimate of drug-likeness (QED) is 0.335. The van der Waals surface area contributed by atoms with Crippen molar-refractivity contribution < 1.29 is 4.74 Å². The van der Waals surface area contributed by atoms with Gasteiger partial charge < -0.3 is 19.9 Å². The maximum absolute atomic E-state index is 5.47. The zero-order chi connectivity index (χ0) is 18.2. The van der Waals surface area contributed by atoms with Crippen molar-refractivity contribution in [1.82, 2.24) is 20.0 Å². The number of halogens is 1. The molecule has 0 bridgehead atoms. The third kappa shape index (κ3) is 7.33. The molecule has 3 rings (SSSR count). The van der Waals surface area contributed by atoms with E-state index in [1.165, 1.54) is 38.6 Å². The van der Waals surface area contributed by atoms with Crippen LogP contribution in [0.15, 0.2) is 4.99 Å². The standard InChI is InChI=1S/C20H39N5O.HI/c1-3-21-20(22-9-11-23(2)19-6-4-5-7-19)25-10-8-18(17-25)16-24-12-14-26-15-13-24;/h18-19H,3-17H2,1-2H3,(H,21,22);1H. The molecule has 7 heteroatoms. The molecule has 158 valence electrons. The summed E-state index contributed by atoms with van der Waals surface area (Å²) in [5.74, 6) is 1.88. The molecule has 2 aliphatic heterocycles. The van der Waals surface area contributed by atoms with Crippen molar-refractivity contribution in [2.45, 2.75) is 45.1 Å². The summed E-state index contributed by atoms with van der Waals surface area (Å²) >= 11 is 0.